The second-order valence-electron chi connectivity index (χ2n) is 2.84. The van der Waals surface area contributed by atoms with Crippen LogP contribution in [0.2, 0.25) is 0 Å². The van der Waals surface area contributed by atoms with Gasteiger partial charge in [-0.1, -0.05) is 12.8 Å². The summed E-state index contributed by atoms with van der Waals surface area (Å²) in [6.07, 6.45) is 5.43. The molecule has 0 spiro atoms. The molecule has 2 atom stereocenters. The van der Waals surface area contributed by atoms with Gasteiger partial charge in [0.2, 0.25) is 0 Å². The largest absolute Gasteiger partial charge is 0.449 e. The first-order valence-electron chi connectivity index (χ1n) is 4.15. The molecule has 70 valence electrons. The van der Waals surface area contributed by atoms with Crippen LogP contribution in [0.5, 0.6) is 0 Å². The van der Waals surface area contributed by atoms with Crippen LogP contribution in [0.15, 0.2) is 0 Å². The number of esters is 1. The lowest BCUT2D eigenvalue weighted by molar-refractivity contribution is -0.150. The standard InChI is InChI=1S/C10H13NO2/c1-4-9(3)13-10(12)8(2)6-5-7-11/h1,8-9H,5-6H2,2-3H3. The summed E-state index contributed by atoms with van der Waals surface area (Å²) in [5.74, 6) is 1.71. The van der Waals surface area contributed by atoms with Crippen LogP contribution in [0, 0.1) is 29.6 Å². The van der Waals surface area contributed by atoms with Crippen molar-refractivity contribution in [1.29, 1.82) is 5.26 Å². The Hall–Kier alpha value is -1.48. The number of nitriles is 1. The Morgan fingerprint density at radius 2 is 2.23 bits per heavy atom. The van der Waals surface area contributed by atoms with Crippen molar-refractivity contribution in [3.63, 3.8) is 0 Å². The third kappa shape index (κ3) is 4.87. The molecule has 0 radical (unpaired) electrons. The van der Waals surface area contributed by atoms with Crippen molar-refractivity contribution in [2.75, 3.05) is 0 Å². The van der Waals surface area contributed by atoms with Crippen molar-refractivity contribution < 1.29 is 9.53 Å². The van der Waals surface area contributed by atoms with Gasteiger partial charge in [0.15, 0.2) is 6.10 Å². The van der Waals surface area contributed by atoms with Crippen LogP contribution in [-0.2, 0) is 9.53 Å². The molecule has 0 heterocycles. The minimum Gasteiger partial charge on any atom is -0.449 e. The monoisotopic (exact) mass is 179 g/mol. The third-order valence-electron chi connectivity index (χ3n) is 1.62. The van der Waals surface area contributed by atoms with Gasteiger partial charge in [-0.05, 0) is 13.3 Å². The molecule has 0 bridgehead atoms. The number of rotatable bonds is 4. The van der Waals surface area contributed by atoms with Gasteiger partial charge in [0.05, 0.1) is 12.0 Å². The Morgan fingerprint density at radius 1 is 1.62 bits per heavy atom. The number of carbonyl (C=O) groups is 1. The first-order valence-corrected chi connectivity index (χ1v) is 4.15. The first kappa shape index (κ1) is 11.5. The van der Waals surface area contributed by atoms with Gasteiger partial charge in [-0.25, -0.2) is 0 Å². The second kappa shape index (κ2) is 6.08. The van der Waals surface area contributed by atoms with Crippen LogP contribution in [-0.4, -0.2) is 12.1 Å². The molecule has 0 rings (SSSR count). The van der Waals surface area contributed by atoms with Crippen molar-refractivity contribution in [3.05, 3.63) is 0 Å². The molecule has 2 unspecified atom stereocenters. The smallest absolute Gasteiger partial charge is 0.309 e. The number of hydrogen-bond donors (Lipinski definition) is 0. The lowest BCUT2D eigenvalue weighted by Gasteiger charge is -2.11. The maximum atomic E-state index is 11.2. The van der Waals surface area contributed by atoms with Gasteiger partial charge in [0, 0.05) is 6.42 Å². The molecule has 0 aliphatic heterocycles. The summed E-state index contributed by atoms with van der Waals surface area (Å²) in [7, 11) is 0. The number of hydrogen-bond acceptors (Lipinski definition) is 3. The maximum absolute atomic E-state index is 11.2. The van der Waals surface area contributed by atoms with Gasteiger partial charge in [0.25, 0.3) is 0 Å². The lowest BCUT2D eigenvalue weighted by Crippen LogP contribution is -2.19. The van der Waals surface area contributed by atoms with E-state index in [9.17, 15) is 4.79 Å². The fourth-order valence-corrected chi connectivity index (χ4v) is 0.723. The van der Waals surface area contributed by atoms with E-state index in [0.717, 1.165) is 0 Å². The van der Waals surface area contributed by atoms with E-state index in [1.165, 1.54) is 0 Å². The Balaban J connectivity index is 3.85. The topological polar surface area (TPSA) is 50.1 Å². The fraction of sp³-hybridized carbons (Fsp3) is 0.600. The van der Waals surface area contributed by atoms with E-state index in [1.54, 1.807) is 13.8 Å². The van der Waals surface area contributed by atoms with Crippen LogP contribution in [0.3, 0.4) is 0 Å². The molecule has 3 nitrogen and oxygen atoms in total. The minimum absolute atomic E-state index is 0.254. The van der Waals surface area contributed by atoms with Crippen molar-refractivity contribution in [3.8, 4) is 18.4 Å². The van der Waals surface area contributed by atoms with Gasteiger partial charge < -0.3 is 4.74 Å². The number of terminal acetylenes is 1. The van der Waals surface area contributed by atoms with E-state index >= 15 is 0 Å². The first-order chi connectivity index (χ1) is 6.11. The summed E-state index contributed by atoms with van der Waals surface area (Å²) >= 11 is 0. The summed E-state index contributed by atoms with van der Waals surface area (Å²) in [5.41, 5.74) is 0. The van der Waals surface area contributed by atoms with E-state index in [-0.39, 0.29) is 11.9 Å². The fourth-order valence-electron chi connectivity index (χ4n) is 0.723. The lowest BCUT2D eigenvalue weighted by atomic mass is 10.1. The molecular formula is C10H13NO2. The van der Waals surface area contributed by atoms with E-state index in [0.29, 0.717) is 12.8 Å². The van der Waals surface area contributed by atoms with E-state index in [4.69, 9.17) is 16.4 Å². The molecule has 0 fully saturated rings. The van der Waals surface area contributed by atoms with Gasteiger partial charge >= 0.3 is 5.97 Å². The highest BCUT2D eigenvalue weighted by atomic mass is 16.5. The Kier molecular flexibility index (Phi) is 5.39. The van der Waals surface area contributed by atoms with E-state index in [2.05, 4.69) is 5.92 Å². The predicted octanol–water partition coefficient (Wildman–Crippen LogP) is 1.49. The zero-order chi connectivity index (χ0) is 10.3. The van der Waals surface area contributed by atoms with Crippen molar-refractivity contribution >= 4 is 5.97 Å². The normalized spacial score (nSPS) is 13.5. The van der Waals surface area contributed by atoms with Crippen molar-refractivity contribution in [2.24, 2.45) is 5.92 Å². The highest BCUT2D eigenvalue weighted by Crippen LogP contribution is 2.08. The molecular weight excluding hydrogens is 166 g/mol. The van der Waals surface area contributed by atoms with E-state index < -0.39 is 6.10 Å². The van der Waals surface area contributed by atoms with Crippen LogP contribution < -0.4 is 0 Å². The molecule has 0 aliphatic carbocycles. The summed E-state index contributed by atoms with van der Waals surface area (Å²) in [6, 6.07) is 1.97. The minimum atomic E-state index is -0.489. The molecule has 0 saturated heterocycles. The van der Waals surface area contributed by atoms with Gasteiger partial charge in [-0.2, -0.15) is 5.26 Å². The van der Waals surface area contributed by atoms with Crippen LogP contribution in [0.4, 0.5) is 0 Å². The summed E-state index contributed by atoms with van der Waals surface area (Å²) in [6.45, 7) is 3.36. The third-order valence-corrected chi connectivity index (χ3v) is 1.62. The second-order valence-corrected chi connectivity index (χ2v) is 2.84. The molecule has 0 aromatic heterocycles. The Labute approximate surface area is 78.7 Å². The average molecular weight is 179 g/mol. The predicted molar refractivity (Wildman–Crippen MR) is 48.4 cm³/mol. The quantitative estimate of drug-likeness (QED) is 0.485. The van der Waals surface area contributed by atoms with Gasteiger partial charge in [0.1, 0.15) is 0 Å². The molecule has 0 saturated carbocycles. The number of nitrogens with zero attached hydrogens (tertiary/aromatic N) is 1. The zero-order valence-electron chi connectivity index (χ0n) is 7.91. The van der Waals surface area contributed by atoms with E-state index in [1.807, 2.05) is 6.07 Å². The highest BCUT2D eigenvalue weighted by molar-refractivity contribution is 5.72. The average Bonchev–Trinajstić information content (AvgIpc) is 2.13. The molecule has 0 aromatic rings. The Morgan fingerprint density at radius 3 is 2.69 bits per heavy atom. The molecule has 0 N–H and O–H groups in total. The molecule has 13 heavy (non-hydrogen) atoms. The Bertz CT molecular complexity index is 247. The highest BCUT2D eigenvalue weighted by Gasteiger charge is 2.15. The zero-order valence-corrected chi connectivity index (χ0v) is 7.91. The molecule has 0 aliphatic rings. The van der Waals surface area contributed by atoms with Gasteiger partial charge in [-0.3, -0.25) is 4.79 Å². The molecule has 3 heteroatoms. The maximum Gasteiger partial charge on any atom is 0.309 e. The SMILES string of the molecule is C#CC(C)OC(=O)C(C)CCC#N. The summed E-state index contributed by atoms with van der Waals surface area (Å²) in [4.78, 5) is 11.2. The summed E-state index contributed by atoms with van der Waals surface area (Å²) in [5, 5.41) is 8.29. The van der Waals surface area contributed by atoms with Crippen LogP contribution >= 0.6 is 0 Å². The number of ether oxygens (including phenoxy) is 1. The summed E-state index contributed by atoms with van der Waals surface area (Å²) < 4.78 is 4.87. The van der Waals surface area contributed by atoms with Crippen LogP contribution in [0.1, 0.15) is 26.7 Å². The van der Waals surface area contributed by atoms with Crippen molar-refractivity contribution in [2.45, 2.75) is 32.8 Å². The molecule has 0 aromatic carbocycles. The van der Waals surface area contributed by atoms with Crippen molar-refractivity contribution in [1.82, 2.24) is 0 Å². The van der Waals surface area contributed by atoms with Crippen LogP contribution in [0.25, 0.3) is 0 Å². The van der Waals surface area contributed by atoms with Gasteiger partial charge in [-0.15, -0.1) is 6.42 Å². The number of carbonyl (C=O) groups excluding carboxylic acids is 1. The molecule has 0 amide bonds.